The molecular formula is C13H17FO3. The molecule has 17 heavy (non-hydrogen) atoms. The SMILES string of the molecule is Cc1ccc(F)cc1OC1C[C@H](O)C[C@@H](O)C1. The lowest BCUT2D eigenvalue weighted by Gasteiger charge is -2.30. The summed E-state index contributed by atoms with van der Waals surface area (Å²) < 4.78 is 18.7. The van der Waals surface area contributed by atoms with Crippen LogP contribution in [0.1, 0.15) is 24.8 Å². The molecule has 2 atom stereocenters. The Morgan fingerprint density at radius 2 is 1.82 bits per heavy atom. The molecule has 94 valence electrons. The van der Waals surface area contributed by atoms with Crippen LogP contribution < -0.4 is 4.74 Å². The summed E-state index contributed by atoms with van der Waals surface area (Å²) in [5.41, 5.74) is 0.848. The molecule has 4 heteroatoms. The van der Waals surface area contributed by atoms with Crippen molar-refractivity contribution in [1.29, 1.82) is 0 Å². The molecule has 0 bridgehead atoms. The Bertz CT molecular complexity index is 384. The third-order valence-electron chi connectivity index (χ3n) is 3.06. The number of hydrogen-bond donors (Lipinski definition) is 2. The Kier molecular flexibility index (Phi) is 3.64. The van der Waals surface area contributed by atoms with Crippen LogP contribution >= 0.6 is 0 Å². The number of hydrogen-bond acceptors (Lipinski definition) is 3. The van der Waals surface area contributed by atoms with Crippen LogP contribution in [-0.4, -0.2) is 28.5 Å². The molecule has 1 fully saturated rings. The van der Waals surface area contributed by atoms with E-state index in [1.807, 2.05) is 6.92 Å². The van der Waals surface area contributed by atoms with Crippen LogP contribution in [0.3, 0.4) is 0 Å². The minimum Gasteiger partial charge on any atom is -0.490 e. The molecule has 1 aliphatic rings. The molecular weight excluding hydrogens is 223 g/mol. The van der Waals surface area contributed by atoms with Gasteiger partial charge in [-0.25, -0.2) is 4.39 Å². The average molecular weight is 240 g/mol. The first kappa shape index (κ1) is 12.3. The highest BCUT2D eigenvalue weighted by Gasteiger charge is 2.28. The van der Waals surface area contributed by atoms with Crippen LogP contribution in [-0.2, 0) is 0 Å². The van der Waals surface area contributed by atoms with E-state index in [1.54, 1.807) is 6.07 Å². The molecule has 2 N–H and O–H groups in total. The highest BCUT2D eigenvalue weighted by molar-refractivity contribution is 5.32. The van der Waals surface area contributed by atoms with Crippen LogP contribution in [0.4, 0.5) is 4.39 Å². The molecule has 2 rings (SSSR count). The Balaban J connectivity index is 2.07. The first-order valence-corrected chi connectivity index (χ1v) is 5.83. The highest BCUT2D eigenvalue weighted by Crippen LogP contribution is 2.26. The fraction of sp³-hybridized carbons (Fsp3) is 0.538. The minimum absolute atomic E-state index is 0.255. The van der Waals surface area contributed by atoms with Gasteiger partial charge in [0.2, 0.25) is 0 Å². The van der Waals surface area contributed by atoms with Crippen molar-refractivity contribution in [2.45, 2.75) is 44.5 Å². The van der Waals surface area contributed by atoms with Crippen molar-refractivity contribution >= 4 is 0 Å². The summed E-state index contributed by atoms with van der Waals surface area (Å²) in [6, 6.07) is 4.37. The van der Waals surface area contributed by atoms with Crippen LogP contribution in [0.5, 0.6) is 5.75 Å². The normalized spacial score (nSPS) is 29.1. The smallest absolute Gasteiger partial charge is 0.126 e. The van der Waals surface area contributed by atoms with E-state index in [9.17, 15) is 14.6 Å². The predicted octanol–water partition coefficient (Wildman–Crippen LogP) is 1.79. The summed E-state index contributed by atoms with van der Waals surface area (Å²) in [5, 5.41) is 19.1. The second-order valence-electron chi connectivity index (χ2n) is 4.66. The summed E-state index contributed by atoms with van der Waals surface area (Å²) in [4.78, 5) is 0. The van der Waals surface area contributed by atoms with Crippen molar-refractivity contribution in [3.63, 3.8) is 0 Å². The van der Waals surface area contributed by atoms with Crippen molar-refractivity contribution in [3.8, 4) is 5.75 Å². The third kappa shape index (κ3) is 3.17. The lowest BCUT2D eigenvalue weighted by atomic mass is 9.92. The number of aryl methyl sites for hydroxylation is 1. The molecule has 0 aliphatic heterocycles. The average Bonchev–Trinajstić information content (AvgIpc) is 2.22. The van der Waals surface area contributed by atoms with Crippen LogP contribution in [0, 0.1) is 12.7 Å². The predicted molar refractivity (Wildman–Crippen MR) is 61.4 cm³/mol. The molecule has 0 saturated heterocycles. The van der Waals surface area contributed by atoms with E-state index in [0.29, 0.717) is 25.0 Å². The minimum atomic E-state index is -0.544. The van der Waals surface area contributed by atoms with E-state index in [2.05, 4.69) is 0 Å². The Hall–Kier alpha value is -1.13. The monoisotopic (exact) mass is 240 g/mol. The van der Waals surface area contributed by atoms with Gasteiger partial charge in [0.25, 0.3) is 0 Å². The third-order valence-corrected chi connectivity index (χ3v) is 3.06. The second kappa shape index (κ2) is 5.02. The molecule has 0 heterocycles. The number of ether oxygens (including phenoxy) is 1. The lowest BCUT2D eigenvalue weighted by Crippen LogP contribution is -2.36. The van der Waals surface area contributed by atoms with Gasteiger partial charge in [0.1, 0.15) is 17.7 Å². The zero-order chi connectivity index (χ0) is 12.4. The van der Waals surface area contributed by atoms with Gasteiger partial charge in [-0.2, -0.15) is 0 Å². The summed E-state index contributed by atoms with van der Waals surface area (Å²) in [6.45, 7) is 1.84. The van der Waals surface area contributed by atoms with Crippen molar-refractivity contribution in [2.24, 2.45) is 0 Å². The van der Waals surface area contributed by atoms with Gasteiger partial charge in [-0.05, 0) is 25.0 Å². The second-order valence-corrected chi connectivity index (χ2v) is 4.66. The number of halogens is 1. The zero-order valence-corrected chi connectivity index (χ0v) is 9.77. The molecule has 0 radical (unpaired) electrons. The quantitative estimate of drug-likeness (QED) is 0.828. The van der Waals surface area contributed by atoms with Crippen LogP contribution in [0.15, 0.2) is 18.2 Å². The maximum atomic E-state index is 13.1. The van der Waals surface area contributed by atoms with Gasteiger partial charge in [0, 0.05) is 18.9 Å². The summed E-state index contributed by atoms with van der Waals surface area (Å²) in [5.74, 6) is 0.138. The Morgan fingerprint density at radius 3 is 2.47 bits per heavy atom. The number of aliphatic hydroxyl groups is 2. The number of benzene rings is 1. The molecule has 0 amide bonds. The molecule has 0 spiro atoms. The fourth-order valence-electron chi connectivity index (χ4n) is 2.19. The topological polar surface area (TPSA) is 49.7 Å². The van der Waals surface area contributed by atoms with E-state index in [1.165, 1.54) is 12.1 Å². The molecule has 1 aromatic carbocycles. The summed E-state index contributed by atoms with van der Waals surface area (Å²) in [7, 11) is 0. The van der Waals surface area contributed by atoms with Gasteiger partial charge in [0.15, 0.2) is 0 Å². The maximum Gasteiger partial charge on any atom is 0.126 e. The lowest BCUT2D eigenvalue weighted by molar-refractivity contribution is -0.0157. The van der Waals surface area contributed by atoms with Gasteiger partial charge < -0.3 is 14.9 Å². The Labute approximate surface area is 99.8 Å². The number of aliphatic hydroxyl groups excluding tert-OH is 2. The van der Waals surface area contributed by atoms with Gasteiger partial charge in [-0.15, -0.1) is 0 Å². The molecule has 1 aliphatic carbocycles. The van der Waals surface area contributed by atoms with Crippen molar-refractivity contribution < 1.29 is 19.3 Å². The number of rotatable bonds is 2. The molecule has 0 unspecified atom stereocenters. The molecule has 1 saturated carbocycles. The van der Waals surface area contributed by atoms with Crippen molar-refractivity contribution in [1.82, 2.24) is 0 Å². The first-order valence-electron chi connectivity index (χ1n) is 5.83. The van der Waals surface area contributed by atoms with E-state index in [0.717, 1.165) is 5.56 Å². The van der Waals surface area contributed by atoms with Crippen LogP contribution in [0.2, 0.25) is 0 Å². The fourth-order valence-corrected chi connectivity index (χ4v) is 2.19. The van der Waals surface area contributed by atoms with E-state index in [4.69, 9.17) is 4.74 Å². The highest BCUT2D eigenvalue weighted by atomic mass is 19.1. The van der Waals surface area contributed by atoms with Gasteiger partial charge in [-0.1, -0.05) is 6.07 Å². The van der Waals surface area contributed by atoms with Gasteiger partial charge in [-0.3, -0.25) is 0 Å². The maximum absolute atomic E-state index is 13.1. The van der Waals surface area contributed by atoms with Gasteiger partial charge >= 0.3 is 0 Å². The first-order chi connectivity index (χ1) is 8.04. The largest absolute Gasteiger partial charge is 0.490 e. The molecule has 0 aromatic heterocycles. The van der Waals surface area contributed by atoms with E-state index < -0.39 is 12.2 Å². The summed E-state index contributed by atoms with van der Waals surface area (Å²) >= 11 is 0. The molecule has 1 aromatic rings. The molecule has 3 nitrogen and oxygen atoms in total. The zero-order valence-electron chi connectivity index (χ0n) is 9.77. The standard InChI is InChI=1S/C13H17FO3/c1-8-2-3-9(14)4-13(8)17-12-6-10(15)5-11(16)7-12/h2-4,10-12,15-16H,5-7H2,1H3/t10-,11-/m1/s1. The van der Waals surface area contributed by atoms with Crippen molar-refractivity contribution in [2.75, 3.05) is 0 Å². The van der Waals surface area contributed by atoms with E-state index in [-0.39, 0.29) is 11.9 Å². The van der Waals surface area contributed by atoms with E-state index >= 15 is 0 Å². The van der Waals surface area contributed by atoms with Crippen molar-refractivity contribution in [3.05, 3.63) is 29.6 Å². The van der Waals surface area contributed by atoms with Crippen LogP contribution in [0.25, 0.3) is 0 Å². The van der Waals surface area contributed by atoms with Gasteiger partial charge in [0.05, 0.1) is 12.2 Å². The Morgan fingerprint density at radius 1 is 1.18 bits per heavy atom. The summed E-state index contributed by atoms with van der Waals surface area (Å²) in [6.07, 6.45) is 0.00615.